The molecule has 100 valence electrons. The quantitative estimate of drug-likeness (QED) is 0.765. The highest BCUT2D eigenvalue weighted by Crippen LogP contribution is 2.32. The van der Waals surface area contributed by atoms with Crippen molar-refractivity contribution < 1.29 is 14.6 Å². The number of carbonyl (C=O) groups is 1. The van der Waals surface area contributed by atoms with Crippen molar-refractivity contribution in [3.05, 3.63) is 48.3 Å². The van der Waals surface area contributed by atoms with Gasteiger partial charge in [-0.1, -0.05) is 6.07 Å². The summed E-state index contributed by atoms with van der Waals surface area (Å²) in [5.74, 6) is -0.328. The Kier molecular flexibility index (Phi) is 2.87. The second kappa shape index (κ2) is 4.70. The minimum absolute atomic E-state index is 0.227. The fraction of sp³-hybridized carbons (Fsp3) is 0.0667. The van der Waals surface area contributed by atoms with Crippen molar-refractivity contribution in [2.24, 2.45) is 0 Å². The van der Waals surface area contributed by atoms with E-state index in [9.17, 15) is 4.79 Å². The molecule has 20 heavy (non-hydrogen) atoms. The van der Waals surface area contributed by atoms with Crippen molar-refractivity contribution in [2.45, 2.75) is 0 Å². The lowest BCUT2D eigenvalue weighted by molar-refractivity contribution is 0.0697. The van der Waals surface area contributed by atoms with Crippen LogP contribution in [0.4, 0.5) is 0 Å². The molecule has 0 saturated carbocycles. The molecule has 0 spiro atoms. The van der Waals surface area contributed by atoms with E-state index in [1.54, 1.807) is 25.6 Å². The first kappa shape index (κ1) is 12.2. The molecule has 3 rings (SSSR count). The smallest absolute Gasteiger partial charge is 0.335 e. The molecular formula is C15H12N2O3. The molecule has 5 heteroatoms. The molecule has 0 unspecified atom stereocenters. The topological polar surface area (TPSA) is 75.2 Å². The Labute approximate surface area is 114 Å². The number of hydrogen-bond donors (Lipinski definition) is 2. The average Bonchev–Trinajstić information content (AvgIpc) is 2.93. The zero-order valence-corrected chi connectivity index (χ0v) is 10.8. The van der Waals surface area contributed by atoms with Gasteiger partial charge in [0.1, 0.15) is 5.75 Å². The van der Waals surface area contributed by atoms with Crippen LogP contribution in [-0.4, -0.2) is 28.2 Å². The van der Waals surface area contributed by atoms with E-state index < -0.39 is 5.97 Å². The highest BCUT2D eigenvalue weighted by atomic mass is 16.5. The lowest BCUT2D eigenvalue weighted by Crippen LogP contribution is -1.97. The molecule has 0 aliphatic carbocycles. The molecule has 0 amide bonds. The molecule has 0 saturated heterocycles. The number of aromatic nitrogens is 2. The lowest BCUT2D eigenvalue weighted by atomic mass is 10.0. The molecule has 0 fully saturated rings. The number of rotatable bonds is 3. The number of imidazole rings is 1. The third-order valence-corrected chi connectivity index (χ3v) is 3.18. The molecule has 1 heterocycles. The molecule has 2 aromatic carbocycles. The lowest BCUT2D eigenvalue weighted by Gasteiger charge is -2.09. The van der Waals surface area contributed by atoms with Crippen LogP contribution in [0.15, 0.2) is 42.7 Å². The molecule has 0 radical (unpaired) electrons. The fourth-order valence-electron chi connectivity index (χ4n) is 2.17. The van der Waals surface area contributed by atoms with Gasteiger partial charge in [-0.3, -0.25) is 0 Å². The molecule has 2 N–H and O–H groups in total. The summed E-state index contributed by atoms with van der Waals surface area (Å²) in [6.07, 6.45) is 1.62. The summed E-state index contributed by atoms with van der Waals surface area (Å²) < 4.78 is 5.31. The second-order valence-corrected chi connectivity index (χ2v) is 4.35. The first-order chi connectivity index (χ1) is 9.69. The predicted octanol–water partition coefficient (Wildman–Crippen LogP) is 2.94. The van der Waals surface area contributed by atoms with E-state index in [1.807, 2.05) is 18.2 Å². The van der Waals surface area contributed by atoms with Crippen molar-refractivity contribution in [1.29, 1.82) is 0 Å². The van der Waals surface area contributed by atoms with Crippen LogP contribution >= 0.6 is 0 Å². The summed E-state index contributed by atoms with van der Waals surface area (Å²) >= 11 is 0. The zero-order valence-electron chi connectivity index (χ0n) is 10.8. The molecule has 0 atom stereocenters. The second-order valence-electron chi connectivity index (χ2n) is 4.35. The number of carboxylic acids is 1. The van der Waals surface area contributed by atoms with Gasteiger partial charge in [0.05, 0.1) is 30.0 Å². The van der Waals surface area contributed by atoms with Gasteiger partial charge in [-0.2, -0.15) is 0 Å². The van der Waals surface area contributed by atoms with Gasteiger partial charge in [-0.25, -0.2) is 9.78 Å². The normalized spacial score (nSPS) is 10.7. The van der Waals surface area contributed by atoms with E-state index in [0.29, 0.717) is 5.75 Å². The van der Waals surface area contributed by atoms with Crippen molar-refractivity contribution in [2.75, 3.05) is 7.11 Å². The fourth-order valence-corrected chi connectivity index (χ4v) is 2.17. The maximum Gasteiger partial charge on any atom is 0.335 e. The van der Waals surface area contributed by atoms with E-state index in [2.05, 4.69) is 9.97 Å². The van der Waals surface area contributed by atoms with Crippen molar-refractivity contribution in [1.82, 2.24) is 9.97 Å². The number of methoxy groups -OCH3 is 1. The number of benzene rings is 2. The first-order valence-electron chi connectivity index (χ1n) is 6.04. The van der Waals surface area contributed by atoms with Gasteiger partial charge >= 0.3 is 5.97 Å². The number of fused-ring (bicyclic) bond motifs is 1. The highest BCUT2D eigenvalue weighted by Gasteiger charge is 2.11. The minimum atomic E-state index is -0.962. The molecule has 1 aromatic heterocycles. The van der Waals surface area contributed by atoms with Crippen LogP contribution in [-0.2, 0) is 0 Å². The van der Waals surface area contributed by atoms with Crippen molar-refractivity contribution in [3.8, 4) is 16.9 Å². The van der Waals surface area contributed by atoms with E-state index >= 15 is 0 Å². The average molecular weight is 268 g/mol. The third-order valence-electron chi connectivity index (χ3n) is 3.18. The van der Waals surface area contributed by atoms with Crippen LogP contribution < -0.4 is 4.74 Å². The molecule has 5 nitrogen and oxygen atoms in total. The standard InChI is InChI=1S/C15H12N2O3/c1-20-14-5-3-10(15(18)19)6-11(14)9-2-4-12-13(7-9)17-8-16-12/h2-8H,1H3,(H,16,17)(H,18,19). The Morgan fingerprint density at radius 2 is 2.10 bits per heavy atom. The number of aromatic amines is 1. The van der Waals surface area contributed by atoms with Gasteiger partial charge in [0, 0.05) is 5.56 Å². The number of carboxylic acid groups (broad SMARTS) is 1. The van der Waals surface area contributed by atoms with Gasteiger partial charge in [-0.15, -0.1) is 0 Å². The largest absolute Gasteiger partial charge is 0.496 e. The maximum atomic E-state index is 11.1. The van der Waals surface area contributed by atoms with Crippen LogP contribution in [0.25, 0.3) is 22.2 Å². The van der Waals surface area contributed by atoms with Crippen LogP contribution in [0.2, 0.25) is 0 Å². The Morgan fingerprint density at radius 1 is 1.25 bits per heavy atom. The first-order valence-corrected chi connectivity index (χ1v) is 6.04. The molecular weight excluding hydrogens is 256 g/mol. The summed E-state index contributed by atoms with van der Waals surface area (Å²) in [6, 6.07) is 10.5. The van der Waals surface area contributed by atoms with Gasteiger partial charge < -0.3 is 14.8 Å². The Bertz CT molecular complexity index is 793. The monoisotopic (exact) mass is 268 g/mol. The van der Waals surface area contributed by atoms with Crippen molar-refractivity contribution >= 4 is 17.0 Å². The molecule has 0 aliphatic heterocycles. The van der Waals surface area contributed by atoms with Gasteiger partial charge in [-0.05, 0) is 35.9 Å². The third kappa shape index (κ3) is 1.99. The van der Waals surface area contributed by atoms with E-state index in [0.717, 1.165) is 22.2 Å². The van der Waals surface area contributed by atoms with Gasteiger partial charge in [0.2, 0.25) is 0 Å². The zero-order chi connectivity index (χ0) is 14.1. The van der Waals surface area contributed by atoms with Crippen LogP contribution in [0.1, 0.15) is 10.4 Å². The van der Waals surface area contributed by atoms with Crippen LogP contribution in [0, 0.1) is 0 Å². The number of H-pyrrole nitrogens is 1. The summed E-state index contributed by atoms with van der Waals surface area (Å²) in [7, 11) is 1.56. The summed E-state index contributed by atoms with van der Waals surface area (Å²) in [5.41, 5.74) is 3.60. The van der Waals surface area contributed by atoms with E-state index in [4.69, 9.17) is 9.84 Å². The summed E-state index contributed by atoms with van der Waals surface area (Å²) in [6.45, 7) is 0. The Balaban J connectivity index is 2.20. The van der Waals surface area contributed by atoms with E-state index in [-0.39, 0.29) is 5.56 Å². The predicted molar refractivity (Wildman–Crippen MR) is 75.0 cm³/mol. The molecule has 0 bridgehead atoms. The van der Waals surface area contributed by atoms with Crippen molar-refractivity contribution in [3.63, 3.8) is 0 Å². The molecule has 0 aliphatic rings. The molecule has 3 aromatic rings. The summed E-state index contributed by atoms with van der Waals surface area (Å²) in [5, 5.41) is 9.10. The number of aromatic carboxylic acids is 1. The number of hydrogen-bond acceptors (Lipinski definition) is 3. The van der Waals surface area contributed by atoms with Gasteiger partial charge in [0.15, 0.2) is 0 Å². The van der Waals surface area contributed by atoms with Crippen LogP contribution in [0.3, 0.4) is 0 Å². The SMILES string of the molecule is COc1ccc(C(=O)O)cc1-c1ccc2nc[nH]c2c1. The maximum absolute atomic E-state index is 11.1. The van der Waals surface area contributed by atoms with Gasteiger partial charge in [0.25, 0.3) is 0 Å². The minimum Gasteiger partial charge on any atom is -0.496 e. The van der Waals surface area contributed by atoms with Crippen LogP contribution in [0.5, 0.6) is 5.75 Å². The number of ether oxygens (including phenoxy) is 1. The number of nitrogens with one attached hydrogen (secondary N) is 1. The highest BCUT2D eigenvalue weighted by molar-refractivity contribution is 5.91. The Morgan fingerprint density at radius 3 is 2.85 bits per heavy atom. The van der Waals surface area contributed by atoms with E-state index in [1.165, 1.54) is 6.07 Å². The number of nitrogens with zero attached hydrogens (tertiary/aromatic N) is 1. The Hall–Kier alpha value is -2.82. The summed E-state index contributed by atoms with van der Waals surface area (Å²) in [4.78, 5) is 18.3.